The van der Waals surface area contributed by atoms with Crippen LogP contribution in [-0.2, 0) is 28.6 Å². The van der Waals surface area contributed by atoms with Crippen molar-refractivity contribution in [2.75, 3.05) is 13.2 Å². The van der Waals surface area contributed by atoms with Gasteiger partial charge >= 0.3 is 17.9 Å². The standard InChI is InChI=1S/C54H104O6/c1-5-8-10-12-14-16-18-19-20-21-22-23-24-25-30-34-38-42-46-53(56)59-49-51(48-58-52(55)45-41-37-33-29-17-15-13-11-9-6-2)60-54(57)47-43-39-35-31-27-26-28-32-36-40-44-50(4)7-3/h50-51H,5-49H2,1-4H3/t50?,51-/m1/s1. The Kier molecular flexibility index (Phi) is 47.2. The lowest BCUT2D eigenvalue weighted by Gasteiger charge is -2.18. The van der Waals surface area contributed by atoms with Crippen LogP contribution in [0.1, 0.15) is 304 Å². The summed E-state index contributed by atoms with van der Waals surface area (Å²) in [5, 5.41) is 0. The molecule has 0 spiro atoms. The van der Waals surface area contributed by atoms with E-state index in [4.69, 9.17) is 14.2 Å². The highest BCUT2D eigenvalue weighted by molar-refractivity contribution is 5.71. The second-order valence-electron chi connectivity index (χ2n) is 18.8. The minimum Gasteiger partial charge on any atom is -0.462 e. The van der Waals surface area contributed by atoms with Crippen molar-refractivity contribution in [2.45, 2.75) is 310 Å². The Morgan fingerprint density at radius 3 is 0.867 bits per heavy atom. The largest absolute Gasteiger partial charge is 0.462 e. The maximum absolute atomic E-state index is 12.8. The van der Waals surface area contributed by atoms with E-state index in [0.29, 0.717) is 19.3 Å². The quantitative estimate of drug-likeness (QED) is 0.0345. The molecule has 0 aromatic rings. The summed E-state index contributed by atoms with van der Waals surface area (Å²) in [5.41, 5.74) is 0. The smallest absolute Gasteiger partial charge is 0.306 e. The van der Waals surface area contributed by atoms with E-state index in [9.17, 15) is 14.4 Å². The molecule has 0 aromatic heterocycles. The molecule has 0 N–H and O–H groups in total. The summed E-state index contributed by atoms with van der Waals surface area (Å²) in [6, 6.07) is 0. The van der Waals surface area contributed by atoms with Gasteiger partial charge in [0.2, 0.25) is 0 Å². The van der Waals surface area contributed by atoms with E-state index in [1.807, 2.05) is 0 Å². The number of esters is 3. The van der Waals surface area contributed by atoms with Crippen molar-refractivity contribution in [3.05, 3.63) is 0 Å². The summed E-state index contributed by atoms with van der Waals surface area (Å²) >= 11 is 0. The molecule has 60 heavy (non-hydrogen) atoms. The molecule has 0 rings (SSSR count). The van der Waals surface area contributed by atoms with Crippen LogP contribution in [-0.4, -0.2) is 37.2 Å². The van der Waals surface area contributed by atoms with E-state index in [1.165, 1.54) is 199 Å². The molecule has 356 valence electrons. The van der Waals surface area contributed by atoms with Crippen molar-refractivity contribution in [1.29, 1.82) is 0 Å². The lowest BCUT2D eigenvalue weighted by Crippen LogP contribution is -2.30. The zero-order chi connectivity index (χ0) is 43.8. The summed E-state index contributed by atoms with van der Waals surface area (Å²) in [6.45, 7) is 9.05. The van der Waals surface area contributed by atoms with Gasteiger partial charge < -0.3 is 14.2 Å². The lowest BCUT2D eigenvalue weighted by molar-refractivity contribution is -0.167. The molecule has 0 saturated heterocycles. The molecule has 6 heteroatoms. The molecule has 2 atom stereocenters. The Morgan fingerprint density at radius 1 is 0.333 bits per heavy atom. The van der Waals surface area contributed by atoms with Gasteiger partial charge in [-0.2, -0.15) is 0 Å². The number of ether oxygens (including phenoxy) is 3. The average molecular weight is 849 g/mol. The van der Waals surface area contributed by atoms with Gasteiger partial charge in [0.1, 0.15) is 13.2 Å². The molecule has 1 unspecified atom stereocenters. The van der Waals surface area contributed by atoms with Gasteiger partial charge in [0.25, 0.3) is 0 Å². The number of rotatable bonds is 49. The minimum atomic E-state index is -0.761. The zero-order valence-corrected chi connectivity index (χ0v) is 40.9. The predicted octanol–water partition coefficient (Wildman–Crippen LogP) is 17.5. The third-order valence-electron chi connectivity index (χ3n) is 12.7. The molecule has 0 amide bonds. The van der Waals surface area contributed by atoms with E-state index in [0.717, 1.165) is 63.7 Å². The first-order valence-electron chi connectivity index (χ1n) is 26.9. The maximum Gasteiger partial charge on any atom is 0.306 e. The second kappa shape index (κ2) is 48.4. The summed E-state index contributed by atoms with van der Waals surface area (Å²) in [4.78, 5) is 37.9. The van der Waals surface area contributed by atoms with Crippen LogP contribution >= 0.6 is 0 Å². The first-order valence-corrected chi connectivity index (χ1v) is 26.9. The minimum absolute atomic E-state index is 0.0627. The van der Waals surface area contributed by atoms with Crippen LogP contribution in [0.5, 0.6) is 0 Å². The fourth-order valence-electron chi connectivity index (χ4n) is 8.19. The van der Waals surface area contributed by atoms with Crippen molar-refractivity contribution >= 4 is 17.9 Å². The summed E-state index contributed by atoms with van der Waals surface area (Å²) in [7, 11) is 0. The summed E-state index contributed by atoms with van der Waals surface area (Å²) in [6.07, 6.45) is 50.8. The van der Waals surface area contributed by atoms with Crippen LogP contribution in [0.15, 0.2) is 0 Å². The number of carbonyl (C=O) groups excluding carboxylic acids is 3. The molecular weight excluding hydrogens is 745 g/mol. The summed E-state index contributed by atoms with van der Waals surface area (Å²) < 4.78 is 16.8. The van der Waals surface area contributed by atoms with Gasteiger partial charge in [0.15, 0.2) is 6.10 Å². The summed E-state index contributed by atoms with van der Waals surface area (Å²) in [5.74, 6) is 0.0234. The van der Waals surface area contributed by atoms with Crippen molar-refractivity contribution < 1.29 is 28.6 Å². The zero-order valence-electron chi connectivity index (χ0n) is 40.9. The van der Waals surface area contributed by atoms with E-state index in [2.05, 4.69) is 27.7 Å². The number of hydrogen-bond acceptors (Lipinski definition) is 6. The van der Waals surface area contributed by atoms with Crippen molar-refractivity contribution in [2.24, 2.45) is 5.92 Å². The average Bonchev–Trinajstić information content (AvgIpc) is 3.25. The van der Waals surface area contributed by atoms with Gasteiger partial charge in [-0.15, -0.1) is 0 Å². The van der Waals surface area contributed by atoms with Crippen LogP contribution in [0.2, 0.25) is 0 Å². The first kappa shape index (κ1) is 58.4. The van der Waals surface area contributed by atoms with E-state index >= 15 is 0 Å². The highest BCUT2D eigenvalue weighted by Crippen LogP contribution is 2.18. The number of carbonyl (C=O) groups is 3. The highest BCUT2D eigenvalue weighted by atomic mass is 16.6. The van der Waals surface area contributed by atoms with Crippen LogP contribution < -0.4 is 0 Å². The fraction of sp³-hybridized carbons (Fsp3) is 0.944. The maximum atomic E-state index is 12.8. The Balaban J connectivity index is 4.26. The van der Waals surface area contributed by atoms with Crippen molar-refractivity contribution in [3.63, 3.8) is 0 Å². The molecule has 0 aliphatic heterocycles. The van der Waals surface area contributed by atoms with Gasteiger partial charge in [-0.05, 0) is 25.2 Å². The normalized spacial score (nSPS) is 12.4. The van der Waals surface area contributed by atoms with Crippen LogP contribution in [0.4, 0.5) is 0 Å². The molecule has 0 radical (unpaired) electrons. The molecular formula is C54H104O6. The molecule has 0 aliphatic rings. The molecule has 0 saturated carbocycles. The molecule has 6 nitrogen and oxygen atoms in total. The fourth-order valence-corrected chi connectivity index (χ4v) is 8.19. The van der Waals surface area contributed by atoms with Gasteiger partial charge in [0, 0.05) is 19.3 Å². The van der Waals surface area contributed by atoms with Gasteiger partial charge in [-0.1, -0.05) is 265 Å². The number of unbranched alkanes of at least 4 members (excludes halogenated alkanes) is 35. The van der Waals surface area contributed by atoms with E-state index in [1.54, 1.807) is 0 Å². The predicted molar refractivity (Wildman–Crippen MR) is 257 cm³/mol. The lowest BCUT2D eigenvalue weighted by atomic mass is 9.99. The number of hydrogen-bond donors (Lipinski definition) is 0. The Labute approximate surface area is 374 Å². The highest BCUT2D eigenvalue weighted by Gasteiger charge is 2.19. The van der Waals surface area contributed by atoms with Crippen LogP contribution in [0.3, 0.4) is 0 Å². The van der Waals surface area contributed by atoms with Crippen LogP contribution in [0.25, 0.3) is 0 Å². The Hall–Kier alpha value is -1.59. The van der Waals surface area contributed by atoms with Gasteiger partial charge in [-0.25, -0.2) is 0 Å². The second-order valence-corrected chi connectivity index (χ2v) is 18.8. The SMILES string of the molecule is CCCCCCCCCCCCCCCCCCCCC(=O)OC[C@@H](COC(=O)CCCCCCCCCCCC)OC(=O)CCCCCCCCCCCCC(C)CC. The third kappa shape index (κ3) is 45.9. The van der Waals surface area contributed by atoms with E-state index < -0.39 is 6.10 Å². The molecule has 0 fully saturated rings. The topological polar surface area (TPSA) is 78.9 Å². The van der Waals surface area contributed by atoms with E-state index in [-0.39, 0.29) is 31.1 Å². The monoisotopic (exact) mass is 849 g/mol. The van der Waals surface area contributed by atoms with Crippen molar-refractivity contribution in [1.82, 2.24) is 0 Å². The molecule has 0 aromatic carbocycles. The first-order chi connectivity index (χ1) is 29.4. The van der Waals surface area contributed by atoms with Gasteiger partial charge in [0.05, 0.1) is 0 Å². The molecule has 0 bridgehead atoms. The third-order valence-corrected chi connectivity index (χ3v) is 12.7. The molecule has 0 heterocycles. The Morgan fingerprint density at radius 2 is 0.583 bits per heavy atom. The van der Waals surface area contributed by atoms with Gasteiger partial charge in [-0.3, -0.25) is 14.4 Å². The Bertz CT molecular complexity index is 905. The molecule has 0 aliphatic carbocycles. The van der Waals surface area contributed by atoms with Crippen molar-refractivity contribution in [3.8, 4) is 0 Å². The van der Waals surface area contributed by atoms with Crippen LogP contribution in [0, 0.1) is 5.92 Å².